The lowest BCUT2D eigenvalue weighted by atomic mass is 10.1. The highest BCUT2D eigenvalue weighted by molar-refractivity contribution is 7.92. The van der Waals surface area contributed by atoms with Crippen molar-refractivity contribution in [2.45, 2.75) is 30.8 Å². The van der Waals surface area contributed by atoms with Crippen LogP contribution in [0.4, 0.5) is 10.8 Å². The molecule has 1 saturated heterocycles. The van der Waals surface area contributed by atoms with Crippen molar-refractivity contribution < 1.29 is 17.9 Å². The molecule has 1 atom stereocenters. The van der Waals surface area contributed by atoms with Gasteiger partial charge in [-0.3, -0.25) is 14.4 Å². The first-order valence-corrected chi connectivity index (χ1v) is 14.2. The van der Waals surface area contributed by atoms with E-state index in [0.29, 0.717) is 34.6 Å². The molecule has 0 bridgehead atoms. The molecule has 0 aliphatic carbocycles. The molecule has 1 amide bonds. The smallest absolute Gasteiger partial charge is 0.261 e. The van der Waals surface area contributed by atoms with Crippen molar-refractivity contribution in [3.05, 3.63) is 82.9 Å². The van der Waals surface area contributed by atoms with E-state index in [2.05, 4.69) is 4.72 Å². The van der Waals surface area contributed by atoms with Crippen LogP contribution in [0.1, 0.15) is 28.8 Å². The van der Waals surface area contributed by atoms with Gasteiger partial charge in [-0.2, -0.15) is 0 Å². The minimum absolute atomic E-state index is 0.0670. The van der Waals surface area contributed by atoms with Gasteiger partial charge in [0, 0.05) is 22.9 Å². The van der Waals surface area contributed by atoms with E-state index in [0.717, 1.165) is 28.6 Å². The van der Waals surface area contributed by atoms with Crippen LogP contribution in [0.15, 0.2) is 71.6 Å². The Hall–Kier alpha value is -2.98. The van der Waals surface area contributed by atoms with Crippen molar-refractivity contribution in [1.82, 2.24) is 4.98 Å². The van der Waals surface area contributed by atoms with E-state index in [1.165, 1.54) is 23.5 Å². The number of hydrogen-bond donors (Lipinski definition) is 1. The van der Waals surface area contributed by atoms with E-state index < -0.39 is 10.0 Å². The second kappa shape index (κ2) is 10.2. The molecular weight excluding hydrogens is 518 g/mol. The molecule has 1 aromatic heterocycles. The van der Waals surface area contributed by atoms with Gasteiger partial charge in [0.1, 0.15) is 0 Å². The maximum Gasteiger partial charge on any atom is 0.261 e. The largest absolute Gasteiger partial charge is 0.376 e. The van der Waals surface area contributed by atoms with Gasteiger partial charge in [-0.15, -0.1) is 0 Å². The number of carbonyl (C=O) groups is 1. The number of amides is 1. The number of ether oxygens (including phenoxy) is 1. The maximum absolute atomic E-state index is 13.7. The zero-order chi connectivity index (χ0) is 25.3. The summed E-state index contributed by atoms with van der Waals surface area (Å²) in [5.74, 6) is -0.231. The van der Waals surface area contributed by atoms with Crippen molar-refractivity contribution >= 4 is 59.9 Å². The number of hydrogen-bond acceptors (Lipinski definition) is 6. The normalized spacial score (nSPS) is 15.8. The highest BCUT2D eigenvalue weighted by Gasteiger charge is 2.27. The molecular formula is C26H24ClN3O4S2. The summed E-state index contributed by atoms with van der Waals surface area (Å²) >= 11 is 7.72. The van der Waals surface area contributed by atoms with Crippen molar-refractivity contribution in [3.63, 3.8) is 0 Å². The molecule has 0 radical (unpaired) electrons. The fourth-order valence-corrected chi connectivity index (χ4v) is 6.36. The van der Waals surface area contributed by atoms with Crippen molar-refractivity contribution in [3.8, 4) is 0 Å². The Bertz CT molecular complexity index is 1500. The lowest BCUT2D eigenvalue weighted by molar-refractivity contribution is 0.0917. The highest BCUT2D eigenvalue weighted by atomic mass is 35.5. The van der Waals surface area contributed by atoms with Crippen molar-refractivity contribution in [2.75, 3.05) is 22.8 Å². The minimum Gasteiger partial charge on any atom is -0.376 e. The Morgan fingerprint density at radius 3 is 2.58 bits per heavy atom. The number of rotatable bonds is 7. The van der Waals surface area contributed by atoms with Gasteiger partial charge in [0.15, 0.2) is 5.13 Å². The van der Waals surface area contributed by atoms with Gasteiger partial charge in [0.25, 0.3) is 15.9 Å². The molecule has 0 saturated carbocycles. The fourth-order valence-electron chi connectivity index (χ4n) is 4.09. The Balaban J connectivity index is 1.42. The molecule has 1 aliphatic rings. The fraction of sp³-hybridized carbons (Fsp3) is 0.231. The molecule has 4 aromatic rings. The van der Waals surface area contributed by atoms with Gasteiger partial charge in [0.2, 0.25) is 0 Å². The summed E-state index contributed by atoms with van der Waals surface area (Å²) in [7, 11) is -3.72. The number of benzene rings is 3. The standard InChI is InChI=1S/C26H24ClN3O4S2/c1-17-22(27)13-14-23-24(17)28-26(35-23)30(16-20-6-5-15-34-20)25(31)18-9-11-19(12-10-18)29-36(32,33)21-7-3-2-4-8-21/h2-4,7-14,20,29H,5-6,15-16H2,1H3. The Morgan fingerprint density at radius 2 is 1.89 bits per heavy atom. The molecule has 186 valence electrons. The minimum atomic E-state index is -3.72. The molecule has 7 nitrogen and oxygen atoms in total. The van der Waals surface area contributed by atoms with E-state index in [9.17, 15) is 13.2 Å². The van der Waals surface area contributed by atoms with Crippen LogP contribution in [0, 0.1) is 6.92 Å². The second-order valence-corrected chi connectivity index (χ2v) is 11.7. The maximum atomic E-state index is 13.7. The third-order valence-electron chi connectivity index (χ3n) is 6.06. The summed E-state index contributed by atoms with van der Waals surface area (Å²) in [6, 6.07) is 18.3. The molecule has 1 aliphatic heterocycles. The third kappa shape index (κ3) is 5.10. The molecule has 1 N–H and O–H groups in total. The summed E-state index contributed by atoms with van der Waals surface area (Å²) in [5, 5.41) is 1.20. The predicted octanol–water partition coefficient (Wildman–Crippen LogP) is 5.88. The predicted molar refractivity (Wildman–Crippen MR) is 144 cm³/mol. The van der Waals surface area contributed by atoms with Gasteiger partial charge >= 0.3 is 0 Å². The quantitative estimate of drug-likeness (QED) is 0.315. The average molecular weight is 542 g/mol. The monoisotopic (exact) mass is 541 g/mol. The molecule has 3 aromatic carbocycles. The third-order valence-corrected chi connectivity index (χ3v) is 8.91. The van der Waals surface area contributed by atoms with E-state index in [1.54, 1.807) is 47.4 Å². The van der Waals surface area contributed by atoms with E-state index in [4.69, 9.17) is 21.3 Å². The number of aromatic nitrogens is 1. The van der Waals surface area contributed by atoms with Gasteiger partial charge in [-0.1, -0.05) is 41.1 Å². The molecule has 10 heteroatoms. The number of halogens is 1. The number of sulfonamides is 1. The molecule has 0 spiro atoms. The van der Waals surface area contributed by atoms with E-state index in [-0.39, 0.29) is 16.9 Å². The first kappa shape index (κ1) is 24.7. The van der Waals surface area contributed by atoms with Crippen molar-refractivity contribution in [2.24, 2.45) is 0 Å². The van der Waals surface area contributed by atoms with E-state index >= 15 is 0 Å². The molecule has 36 heavy (non-hydrogen) atoms. The van der Waals surface area contributed by atoms with Crippen LogP contribution < -0.4 is 9.62 Å². The van der Waals surface area contributed by atoms with Gasteiger partial charge < -0.3 is 4.74 Å². The molecule has 1 unspecified atom stereocenters. The van der Waals surface area contributed by atoms with E-state index in [1.807, 2.05) is 19.1 Å². The summed E-state index contributed by atoms with van der Waals surface area (Å²) in [4.78, 5) is 20.2. The zero-order valence-corrected chi connectivity index (χ0v) is 21.9. The van der Waals surface area contributed by atoms with Crippen LogP contribution in [-0.2, 0) is 14.8 Å². The SMILES string of the molecule is Cc1c(Cl)ccc2sc(N(CC3CCCO3)C(=O)c3ccc(NS(=O)(=O)c4ccccc4)cc3)nc12. The van der Waals surface area contributed by atoms with Crippen LogP contribution >= 0.6 is 22.9 Å². The summed E-state index contributed by atoms with van der Waals surface area (Å²) in [6.07, 6.45) is 1.76. The molecule has 5 rings (SSSR count). The number of nitrogens with one attached hydrogen (secondary N) is 1. The van der Waals surface area contributed by atoms with Crippen LogP contribution in [0.5, 0.6) is 0 Å². The lowest BCUT2D eigenvalue weighted by Gasteiger charge is -2.23. The lowest BCUT2D eigenvalue weighted by Crippen LogP contribution is -2.37. The Labute approximate surface area is 218 Å². The number of nitrogens with zero attached hydrogens (tertiary/aromatic N) is 2. The number of anilines is 2. The van der Waals surface area contributed by atoms with Gasteiger partial charge in [-0.05, 0) is 73.9 Å². The highest BCUT2D eigenvalue weighted by Crippen LogP contribution is 2.35. The molecule has 2 heterocycles. The summed E-state index contributed by atoms with van der Waals surface area (Å²) < 4.78 is 34.6. The van der Waals surface area contributed by atoms with Crippen LogP contribution in [0.2, 0.25) is 5.02 Å². The Kier molecular flexibility index (Phi) is 6.98. The second-order valence-electron chi connectivity index (χ2n) is 8.56. The van der Waals surface area contributed by atoms with Gasteiger partial charge in [0.05, 0.1) is 27.8 Å². The first-order valence-electron chi connectivity index (χ1n) is 11.5. The van der Waals surface area contributed by atoms with Crippen LogP contribution in [0.3, 0.4) is 0 Å². The van der Waals surface area contributed by atoms with Gasteiger partial charge in [-0.25, -0.2) is 13.4 Å². The number of aryl methyl sites for hydroxylation is 1. The summed E-state index contributed by atoms with van der Waals surface area (Å²) in [5.41, 5.74) is 2.44. The topological polar surface area (TPSA) is 88.6 Å². The Morgan fingerprint density at radius 1 is 1.14 bits per heavy atom. The summed E-state index contributed by atoms with van der Waals surface area (Å²) in [6.45, 7) is 2.97. The number of fused-ring (bicyclic) bond motifs is 1. The number of carbonyl (C=O) groups excluding carboxylic acids is 1. The molecule has 1 fully saturated rings. The average Bonchev–Trinajstić information content (AvgIpc) is 3.55. The van der Waals surface area contributed by atoms with Crippen LogP contribution in [-0.4, -0.2) is 38.6 Å². The number of thiazole rings is 1. The first-order chi connectivity index (χ1) is 17.3. The van der Waals surface area contributed by atoms with Crippen molar-refractivity contribution in [1.29, 1.82) is 0 Å². The van der Waals surface area contributed by atoms with Crippen LogP contribution in [0.25, 0.3) is 10.2 Å². The zero-order valence-electron chi connectivity index (χ0n) is 19.5.